The molecule has 1 amide bonds. The first-order chi connectivity index (χ1) is 10.1. The van der Waals surface area contributed by atoms with Gasteiger partial charge in [0.2, 0.25) is 6.10 Å². The SMILES string of the molecule is O=C(O)[C@H]1CCCN(C(=O)[C@@H]2COc3ccccc3O2)C1. The molecule has 0 bridgehead atoms. The van der Waals surface area contributed by atoms with Crippen LogP contribution in [0.25, 0.3) is 0 Å². The van der Waals surface area contributed by atoms with E-state index in [0.717, 1.165) is 0 Å². The van der Waals surface area contributed by atoms with Crippen LogP contribution in [0, 0.1) is 5.92 Å². The maximum absolute atomic E-state index is 12.5. The largest absolute Gasteiger partial charge is 0.485 e. The number of carboxylic acid groups (broad SMARTS) is 1. The number of rotatable bonds is 2. The zero-order valence-electron chi connectivity index (χ0n) is 11.5. The topological polar surface area (TPSA) is 76.1 Å². The summed E-state index contributed by atoms with van der Waals surface area (Å²) in [5, 5.41) is 9.08. The smallest absolute Gasteiger partial charge is 0.308 e. The van der Waals surface area contributed by atoms with Gasteiger partial charge in [-0.1, -0.05) is 12.1 Å². The third kappa shape index (κ3) is 2.79. The number of likely N-dealkylation sites (tertiary alicyclic amines) is 1. The minimum absolute atomic E-state index is 0.157. The van der Waals surface area contributed by atoms with Crippen molar-refractivity contribution in [2.75, 3.05) is 19.7 Å². The van der Waals surface area contributed by atoms with Crippen LogP contribution in [-0.2, 0) is 9.59 Å². The lowest BCUT2D eigenvalue weighted by Gasteiger charge is -2.34. The van der Waals surface area contributed by atoms with Gasteiger partial charge in [-0.05, 0) is 25.0 Å². The molecule has 2 aliphatic heterocycles. The highest BCUT2D eigenvalue weighted by Gasteiger charge is 2.35. The first-order valence-electron chi connectivity index (χ1n) is 7.05. The molecule has 0 saturated carbocycles. The van der Waals surface area contributed by atoms with Gasteiger partial charge in [0.05, 0.1) is 5.92 Å². The fourth-order valence-electron chi connectivity index (χ4n) is 2.72. The molecule has 1 aromatic rings. The number of benzene rings is 1. The Hall–Kier alpha value is -2.24. The van der Waals surface area contributed by atoms with Crippen molar-refractivity contribution in [3.05, 3.63) is 24.3 Å². The van der Waals surface area contributed by atoms with Crippen LogP contribution in [0.4, 0.5) is 0 Å². The molecule has 21 heavy (non-hydrogen) atoms. The summed E-state index contributed by atoms with van der Waals surface area (Å²) in [6.45, 7) is 0.976. The molecule has 112 valence electrons. The minimum Gasteiger partial charge on any atom is -0.485 e. The Labute approximate surface area is 122 Å². The summed E-state index contributed by atoms with van der Waals surface area (Å²) >= 11 is 0. The second-order valence-electron chi connectivity index (χ2n) is 5.33. The van der Waals surface area contributed by atoms with E-state index in [9.17, 15) is 9.59 Å². The molecule has 2 heterocycles. The van der Waals surface area contributed by atoms with Crippen LogP contribution in [-0.4, -0.2) is 47.7 Å². The third-order valence-electron chi connectivity index (χ3n) is 3.87. The van der Waals surface area contributed by atoms with E-state index >= 15 is 0 Å². The highest BCUT2D eigenvalue weighted by Crippen LogP contribution is 2.31. The maximum atomic E-state index is 12.5. The van der Waals surface area contributed by atoms with Crippen LogP contribution >= 0.6 is 0 Å². The molecule has 3 rings (SSSR count). The van der Waals surface area contributed by atoms with Gasteiger partial charge >= 0.3 is 5.97 Å². The third-order valence-corrected chi connectivity index (χ3v) is 3.87. The Morgan fingerprint density at radius 2 is 2.00 bits per heavy atom. The van der Waals surface area contributed by atoms with Gasteiger partial charge in [-0.2, -0.15) is 0 Å². The number of ether oxygens (including phenoxy) is 2. The molecule has 1 N–H and O–H groups in total. The summed E-state index contributed by atoms with van der Waals surface area (Å²) < 4.78 is 11.2. The van der Waals surface area contributed by atoms with E-state index in [-0.39, 0.29) is 19.1 Å². The number of nitrogens with zero attached hydrogens (tertiary/aromatic N) is 1. The average Bonchev–Trinajstić information content (AvgIpc) is 2.53. The van der Waals surface area contributed by atoms with Gasteiger partial charge in [0.15, 0.2) is 11.5 Å². The van der Waals surface area contributed by atoms with Crippen molar-refractivity contribution in [2.24, 2.45) is 5.92 Å². The summed E-state index contributed by atoms with van der Waals surface area (Å²) in [6.07, 6.45) is 0.615. The van der Waals surface area contributed by atoms with Gasteiger partial charge in [0.1, 0.15) is 6.61 Å². The Kier molecular flexibility index (Phi) is 3.68. The molecule has 0 aliphatic carbocycles. The van der Waals surface area contributed by atoms with Crippen LogP contribution in [0.15, 0.2) is 24.3 Å². The molecule has 1 aromatic carbocycles. The zero-order chi connectivity index (χ0) is 14.8. The number of hydrogen-bond donors (Lipinski definition) is 1. The second kappa shape index (κ2) is 5.63. The van der Waals surface area contributed by atoms with E-state index in [0.29, 0.717) is 30.9 Å². The maximum Gasteiger partial charge on any atom is 0.308 e. The number of amides is 1. The summed E-state index contributed by atoms with van der Waals surface area (Å²) in [4.78, 5) is 25.1. The number of para-hydroxylation sites is 2. The van der Waals surface area contributed by atoms with Crippen molar-refractivity contribution in [2.45, 2.75) is 18.9 Å². The average molecular weight is 291 g/mol. The number of carbonyl (C=O) groups excluding carboxylic acids is 1. The van der Waals surface area contributed by atoms with Crippen molar-refractivity contribution in [3.63, 3.8) is 0 Å². The standard InChI is InChI=1S/C15H17NO5/c17-14(16-7-3-4-10(8-16)15(18)19)13-9-20-11-5-1-2-6-12(11)21-13/h1-2,5-6,10,13H,3-4,7-9H2,(H,18,19)/t10-,13-/m0/s1. The Morgan fingerprint density at radius 1 is 1.24 bits per heavy atom. The van der Waals surface area contributed by atoms with Crippen molar-refractivity contribution < 1.29 is 24.2 Å². The number of fused-ring (bicyclic) bond motifs is 1. The van der Waals surface area contributed by atoms with E-state index in [2.05, 4.69) is 0 Å². The van der Waals surface area contributed by atoms with E-state index in [1.807, 2.05) is 12.1 Å². The molecule has 6 nitrogen and oxygen atoms in total. The fourth-order valence-corrected chi connectivity index (χ4v) is 2.72. The van der Waals surface area contributed by atoms with Crippen LogP contribution in [0.5, 0.6) is 11.5 Å². The predicted octanol–water partition coefficient (Wildman–Crippen LogP) is 1.15. The molecule has 6 heteroatoms. The molecule has 1 saturated heterocycles. The van der Waals surface area contributed by atoms with Crippen LogP contribution < -0.4 is 9.47 Å². The van der Waals surface area contributed by atoms with Gasteiger partial charge in [-0.25, -0.2) is 0 Å². The lowest BCUT2D eigenvalue weighted by molar-refractivity contribution is -0.149. The Morgan fingerprint density at radius 3 is 2.76 bits per heavy atom. The van der Waals surface area contributed by atoms with Gasteiger partial charge in [0, 0.05) is 13.1 Å². The van der Waals surface area contributed by atoms with E-state index in [1.165, 1.54) is 0 Å². The zero-order valence-corrected chi connectivity index (χ0v) is 11.5. The highest BCUT2D eigenvalue weighted by molar-refractivity contribution is 5.83. The van der Waals surface area contributed by atoms with Crippen molar-refractivity contribution in [1.29, 1.82) is 0 Å². The summed E-state index contributed by atoms with van der Waals surface area (Å²) in [6, 6.07) is 7.20. The number of hydrogen-bond acceptors (Lipinski definition) is 4. The highest BCUT2D eigenvalue weighted by atomic mass is 16.6. The van der Waals surface area contributed by atoms with Crippen molar-refractivity contribution >= 4 is 11.9 Å². The molecule has 1 fully saturated rings. The van der Waals surface area contributed by atoms with Crippen molar-refractivity contribution in [3.8, 4) is 11.5 Å². The van der Waals surface area contributed by atoms with Gasteiger partial charge < -0.3 is 19.5 Å². The lowest BCUT2D eigenvalue weighted by atomic mass is 9.98. The summed E-state index contributed by atoms with van der Waals surface area (Å²) in [5.74, 6) is -0.355. The monoisotopic (exact) mass is 291 g/mol. The molecule has 2 aliphatic rings. The van der Waals surface area contributed by atoms with Gasteiger partial charge in [0.25, 0.3) is 5.91 Å². The molecule has 0 radical (unpaired) electrons. The molecule has 2 atom stereocenters. The first-order valence-corrected chi connectivity index (χ1v) is 7.05. The molecular weight excluding hydrogens is 274 g/mol. The van der Waals surface area contributed by atoms with E-state index in [4.69, 9.17) is 14.6 Å². The quantitative estimate of drug-likeness (QED) is 0.884. The fraction of sp³-hybridized carbons (Fsp3) is 0.467. The van der Waals surface area contributed by atoms with E-state index < -0.39 is 18.0 Å². The van der Waals surface area contributed by atoms with Crippen molar-refractivity contribution in [1.82, 2.24) is 4.90 Å². The van der Waals surface area contributed by atoms with E-state index in [1.54, 1.807) is 17.0 Å². The van der Waals surface area contributed by atoms with Crippen LogP contribution in [0.1, 0.15) is 12.8 Å². The number of carboxylic acids is 1. The number of carbonyl (C=O) groups is 2. The van der Waals surface area contributed by atoms with Crippen LogP contribution in [0.2, 0.25) is 0 Å². The Balaban J connectivity index is 1.67. The number of aliphatic carboxylic acids is 1. The molecule has 0 unspecified atom stereocenters. The molecular formula is C15H17NO5. The lowest BCUT2D eigenvalue weighted by Crippen LogP contribution is -2.50. The summed E-state index contributed by atoms with van der Waals surface area (Å²) in [5.41, 5.74) is 0. The van der Waals surface area contributed by atoms with Gasteiger partial charge in [-0.3, -0.25) is 9.59 Å². The first kappa shape index (κ1) is 13.7. The molecule has 0 spiro atoms. The van der Waals surface area contributed by atoms with Gasteiger partial charge in [-0.15, -0.1) is 0 Å². The second-order valence-corrected chi connectivity index (χ2v) is 5.33. The molecule has 0 aromatic heterocycles. The van der Waals surface area contributed by atoms with Crippen LogP contribution in [0.3, 0.4) is 0 Å². The minimum atomic E-state index is -0.848. The number of piperidine rings is 1. The Bertz CT molecular complexity index is 559. The normalized spacial score (nSPS) is 24.5. The predicted molar refractivity (Wildman–Crippen MR) is 73.3 cm³/mol. The summed E-state index contributed by atoms with van der Waals surface area (Å²) in [7, 11) is 0.